The lowest BCUT2D eigenvalue weighted by atomic mass is 10.0. The van der Waals surface area contributed by atoms with Crippen LogP contribution in [0, 0.1) is 30.9 Å². The van der Waals surface area contributed by atoms with Crippen molar-refractivity contribution in [2.24, 2.45) is 5.10 Å². The third-order valence-corrected chi connectivity index (χ3v) is 4.14. The zero-order chi connectivity index (χ0) is 21.6. The minimum atomic E-state index is -0.606. The van der Waals surface area contributed by atoms with Crippen LogP contribution in [0.25, 0.3) is 0 Å². The summed E-state index contributed by atoms with van der Waals surface area (Å²) in [5.41, 5.74) is 5.83. The van der Waals surface area contributed by atoms with Gasteiger partial charge in [0.1, 0.15) is 5.75 Å². The maximum atomic E-state index is 12.1. The number of benzene rings is 2. The van der Waals surface area contributed by atoms with Gasteiger partial charge in [-0.1, -0.05) is 17.7 Å². The second-order valence-corrected chi connectivity index (χ2v) is 6.62. The van der Waals surface area contributed by atoms with Gasteiger partial charge in [-0.15, -0.1) is 0 Å². The Morgan fingerprint density at radius 1 is 1.10 bits per heavy atom. The zero-order valence-electron chi connectivity index (χ0n) is 16.4. The quantitative estimate of drug-likeness (QED) is 0.374. The fourth-order valence-electron chi connectivity index (χ4n) is 2.79. The number of nitrogens with one attached hydrogen (secondary N) is 2. The Morgan fingerprint density at radius 2 is 1.72 bits per heavy atom. The number of carbonyl (C=O) groups excluding carboxylic acids is 2. The Bertz CT molecular complexity index is 962. The summed E-state index contributed by atoms with van der Waals surface area (Å²) in [4.78, 5) is 34.1. The molecular formula is C20H22N4O5. The Kier molecular flexibility index (Phi) is 7.02. The van der Waals surface area contributed by atoms with Crippen LogP contribution in [-0.4, -0.2) is 28.1 Å². The highest BCUT2D eigenvalue weighted by atomic mass is 16.6. The number of aryl methyl sites for hydroxylation is 3. The molecule has 0 saturated carbocycles. The number of aromatic hydroxyl groups is 1. The molecule has 2 amide bonds. The fraction of sp³-hybridized carbons (Fsp3) is 0.250. The molecule has 2 rings (SSSR count). The Hall–Kier alpha value is -3.75. The van der Waals surface area contributed by atoms with Crippen LogP contribution < -0.4 is 10.7 Å². The lowest BCUT2D eigenvalue weighted by Gasteiger charge is -2.12. The summed E-state index contributed by atoms with van der Waals surface area (Å²) < 4.78 is 0. The van der Waals surface area contributed by atoms with Crippen LogP contribution in [-0.2, 0) is 9.59 Å². The van der Waals surface area contributed by atoms with Gasteiger partial charge in [0, 0.05) is 36.2 Å². The summed E-state index contributed by atoms with van der Waals surface area (Å²) in [6.07, 6.45) is 0.976. The van der Waals surface area contributed by atoms with Crippen molar-refractivity contribution < 1.29 is 19.6 Å². The molecule has 0 saturated heterocycles. The Labute approximate surface area is 167 Å². The van der Waals surface area contributed by atoms with Gasteiger partial charge in [0.2, 0.25) is 11.8 Å². The summed E-state index contributed by atoms with van der Waals surface area (Å²) in [7, 11) is 0. The SMILES string of the molecule is Cc1cc(C)c(NC(=O)CCC(=O)N/N=C\c2cc([N+](=O)[O-])ccc2O)c(C)c1. The number of non-ortho nitro benzene ring substituents is 1. The van der Waals surface area contributed by atoms with E-state index in [4.69, 9.17) is 0 Å². The van der Waals surface area contributed by atoms with Crippen LogP contribution in [0.1, 0.15) is 35.1 Å². The highest BCUT2D eigenvalue weighted by Crippen LogP contribution is 2.22. The van der Waals surface area contributed by atoms with Gasteiger partial charge < -0.3 is 10.4 Å². The minimum absolute atomic E-state index is 0.0316. The van der Waals surface area contributed by atoms with E-state index in [1.54, 1.807) is 0 Å². The number of hydrazone groups is 1. The first-order chi connectivity index (χ1) is 13.7. The molecule has 0 heterocycles. The molecule has 0 spiro atoms. The second-order valence-electron chi connectivity index (χ2n) is 6.62. The van der Waals surface area contributed by atoms with E-state index >= 15 is 0 Å². The van der Waals surface area contributed by atoms with Crippen LogP contribution in [0.5, 0.6) is 5.75 Å². The number of rotatable bonds is 7. The van der Waals surface area contributed by atoms with E-state index in [1.165, 1.54) is 6.07 Å². The van der Waals surface area contributed by atoms with E-state index in [0.717, 1.165) is 40.7 Å². The molecular weight excluding hydrogens is 376 g/mol. The number of nitrogens with zero attached hydrogens (tertiary/aromatic N) is 2. The van der Waals surface area contributed by atoms with Crippen molar-refractivity contribution in [2.45, 2.75) is 33.6 Å². The van der Waals surface area contributed by atoms with Crippen molar-refractivity contribution in [2.75, 3.05) is 5.32 Å². The average molecular weight is 398 g/mol. The van der Waals surface area contributed by atoms with Gasteiger partial charge in [-0.25, -0.2) is 5.43 Å². The molecule has 0 aromatic heterocycles. The van der Waals surface area contributed by atoms with E-state index in [2.05, 4.69) is 15.8 Å². The topological polar surface area (TPSA) is 134 Å². The fourth-order valence-corrected chi connectivity index (χ4v) is 2.79. The molecule has 0 aliphatic carbocycles. The van der Waals surface area contributed by atoms with Crippen molar-refractivity contribution in [1.29, 1.82) is 0 Å². The number of hydrogen-bond donors (Lipinski definition) is 3. The number of nitro groups is 1. The lowest BCUT2D eigenvalue weighted by Crippen LogP contribution is -2.21. The number of anilines is 1. The van der Waals surface area contributed by atoms with Crippen molar-refractivity contribution in [3.63, 3.8) is 0 Å². The third-order valence-electron chi connectivity index (χ3n) is 4.14. The Balaban J connectivity index is 1.87. The molecule has 0 aliphatic heterocycles. The molecule has 0 unspecified atom stereocenters. The van der Waals surface area contributed by atoms with Gasteiger partial charge in [-0.3, -0.25) is 19.7 Å². The predicted octanol–water partition coefficient (Wildman–Crippen LogP) is 3.09. The number of amides is 2. The highest BCUT2D eigenvalue weighted by molar-refractivity contribution is 5.94. The van der Waals surface area contributed by atoms with Gasteiger partial charge in [-0.05, 0) is 38.0 Å². The third kappa shape index (κ3) is 6.13. The van der Waals surface area contributed by atoms with Crippen molar-refractivity contribution in [3.05, 3.63) is 62.7 Å². The first kappa shape index (κ1) is 21.5. The van der Waals surface area contributed by atoms with Gasteiger partial charge >= 0.3 is 0 Å². The maximum Gasteiger partial charge on any atom is 0.270 e. The number of phenolic OH excluding ortho intramolecular Hbond substituents is 1. The second kappa shape index (κ2) is 9.45. The molecule has 2 aromatic rings. The van der Waals surface area contributed by atoms with Crippen LogP contribution in [0.3, 0.4) is 0 Å². The average Bonchev–Trinajstić information content (AvgIpc) is 2.64. The van der Waals surface area contributed by atoms with E-state index in [-0.39, 0.29) is 35.7 Å². The molecule has 0 radical (unpaired) electrons. The van der Waals surface area contributed by atoms with Crippen molar-refractivity contribution in [1.82, 2.24) is 5.43 Å². The summed E-state index contributed by atoms with van der Waals surface area (Å²) in [5.74, 6) is -1.01. The number of nitro benzene ring substituents is 1. The van der Waals surface area contributed by atoms with Gasteiger partial charge in [-0.2, -0.15) is 5.10 Å². The van der Waals surface area contributed by atoms with Gasteiger partial charge in [0.25, 0.3) is 5.69 Å². The number of hydrogen-bond acceptors (Lipinski definition) is 6. The number of carbonyl (C=O) groups is 2. The zero-order valence-corrected chi connectivity index (χ0v) is 16.4. The van der Waals surface area contributed by atoms with Gasteiger partial charge in [0.05, 0.1) is 11.1 Å². The molecule has 2 aromatic carbocycles. The van der Waals surface area contributed by atoms with Crippen LogP contribution in [0.4, 0.5) is 11.4 Å². The smallest absolute Gasteiger partial charge is 0.270 e. The monoisotopic (exact) mass is 398 g/mol. The summed E-state index contributed by atoms with van der Waals surface area (Å²) in [5, 5.41) is 26.9. The molecule has 0 aliphatic rings. The highest BCUT2D eigenvalue weighted by Gasteiger charge is 2.11. The van der Waals surface area contributed by atoms with Gasteiger partial charge in [0.15, 0.2) is 0 Å². The largest absolute Gasteiger partial charge is 0.507 e. The first-order valence-corrected chi connectivity index (χ1v) is 8.84. The van der Waals surface area contributed by atoms with Crippen molar-refractivity contribution in [3.8, 4) is 5.75 Å². The van der Waals surface area contributed by atoms with E-state index in [1.807, 2.05) is 32.9 Å². The number of phenols is 1. The lowest BCUT2D eigenvalue weighted by molar-refractivity contribution is -0.384. The maximum absolute atomic E-state index is 12.1. The van der Waals surface area contributed by atoms with E-state index < -0.39 is 10.8 Å². The molecule has 0 fully saturated rings. The first-order valence-electron chi connectivity index (χ1n) is 8.84. The van der Waals surface area contributed by atoms with Crippen molar-refractivity contribution >= 4 is 29.4 Å². The van der Waals surface area contributed by atoms with Crippen LogP contribution in [0.2, 0.25) is 0 Å². The minimum Gasteiger partial charge on any atom is -0.507 e. The van der Waals surface area contributed by atoms with Crippen LogP contribution >= 0.6 is 0 Å². The molecule has 152 valence electrons. The summed E-state index contributed by atoms with van der Waals surface area (Å²) in [6, 6.07) is 7.38. The van der Waals surface area contributed by atoms with E-state index in [0.29, 0.717) is 0 Å². The summed E-state index contributed by atoms with van der Waals surface area (Å²) in [6.45, 7) is 5.78. The van der Waals surface area contributed by atoms with E-state index in [9.17, 15) is 24.8 Å². The molecule has 3 N–H and O–H groups in total. The Morgan fingerprint density at radius 3 is 2.34 bits per heavy atom. The molecule has 29 heavy (non-hydrogen) atoms. The molecule has 0 bridgehead atoms. The molecule has 0 atom stereocenters. The normalized spacial score (nSPS) is 10.7. The molecule has 9 nitrogen and oxygen atoms in total. The molecule has 9 heteroatoms. The summed E-state index contributed by atoms with van der Waals surface area (Å²) >= 11 is 0. The standard InChI is InChI=1S/C20H22N4O5/c1-12-8-13(2)20(14(3)9-12)22-18(26)6-7-19(27)23-21-11-15-10-16(24(28)29)4-5-17(15)25/h4-5,8-11,25H,6-7H2,1-3H3,(H,22,26)(H,23,27)/b21-11-. The van der Waals surface area contributed by atoms with Crippen LogP contribution in [0.15, 0.2) is 35.4 Å². The predicted molar refractivity (Wildman–Crippen MR) is 109 cm³/mol.